The summed E-state index contributed by atoms with van der Waals surface area (Å²) in [6, 6.07) is 3.82. The maximum atomic E-state index is 9.86. The SMILES string of the molecule is C=Cc1ccncc1.CC=C(C)C(=O)O. The lowest BCUT2D eigenvalue weighted by Gasteiger charge is -1.84. The van der Waals surface area contributed by atoms with Gasteiger partial charge in [-0.05, 0) is 31.5 Å². The smallest absolute Gasteiger partial charge is 0.330 e. The van der Waals surface area contributed by atoms with Gasteiger partial charge in [0, 0.05) is 18.0 Å². The van der Waals surface area contributed by atoms with E-state index in [4.69, 9.17) is 5.11 Å². The van der Waals surface area contributed by atoms with Crippen molar-refractivity contribution in [3.05, 3.63) is 48.3 Å². The molecule has 1 heterocycles. The van der Waals surface area contributed by atoms with Gasteiger partial charge in [-0.15, -0.1) is 0 Å². The highest BCUT2D eigenvalue weighted by atomic mass is 16.4. The first kappa shape index (κ1) is 13.1. The first-order chi connectivity index (χ1) is 7.11. The zero-order valence-corrected chi connectivity index (χ0v) is 8.97. The van der Waals surface area contributed by atoms with Crippen molar-refractivity contribution >= 4 is 12.0 Å². The van der Waals surface area contributed by atoms with E-state index < -0.39 is 5.97 Å². The fourth-order valence-corrected chi connectivity index (χ4v) is 0.623. The van der Waals surface area contributed by atoms with Crippen molar-refractivity contribution in [1.82, 2.24) is 4.98 Å². The molecule has 0 saturated carbocycles. The summed E-state index contributed by atoms with van der Waals surface area (Å²) < 4.78 is 0. The summed E-state index contributed by atoms with van der Waals surface area (Å²) in [6.45, 7) is 6.86. The molecule has 0 aliphatic rings. The largest absolute Gasteiger partial charge is 0.478 e. The second kappa shape index (κ2) is 7.50. The van der Waals surface area contributed by atoms with Crippen molar-refractivity contribution in [2.45, 2.75) is 13.8 Å². The van der Waals surface area contributed by atoms with Gasteiger partial charge in [-0.25, -0.2) is 4.79 Å². The summed E-state index contributed by atoms with van der Waals surface area (Å²) in [5.74, 6) is -0.845. The van der Waals surface area contributed by atoms with Gasteiger partial charge in [-0.3, -0.25) is 4.98 Å². The number of pyridine rings is 1. The number of rotatable bonds is 2. The minimum atomic E-state index is -0.845. The first-order valence-corrected chi connectivity index (χ1v) is 4.50. The van der Waals surface area contributed by atoms with Crippen LogP contribution in [-0.4, -0.2) is 16.1 Å². The maximum absolute atomic E-state index is 9.86. The Bertz CT molecular complexity index is 342. The normalized spacial score (nSPS) is 9.87. The Labute approximate surface area is 89.8 Å². The van der Waals surface area contributed by atoms with Crippen LogP contribution in [0.15, 0.2) is 42.8 Å². The molecule has 0 amide bonds. The molecule has 0 aromatic carbocycles. The van der Waals surface area contributed by atoms with Gasteiger partial charge in [0.25, 0.3) is 0 Å². The molecule has 0 unspecified atom stereocenters. The van der Waals surface area contributed by atoms with E-state index in [1.807, 2.05) is 12.1 Å². The Balaban J connectivity index is 0.000000265. The maximum Gasteiger partial charge on any atom is 0.330 e. The Morgan fingerprint density at radius 1 is 1.47 bits per heavy atom. The van der Waals surface area contributed by atoms with Gasteiger partial charge in [0.1, 0.15) is 0 Å². The number of nitrogens with zero attached hydrogens (tertiary/aromatic N) is 1. The molecule has 0 aliphatic carbocycles. The second-order valence-corrected chi connectivity index (χ2v) is 2.76. The van der Waals surface area contributed by atoms with Crippen molar-refractivity contribution in [2.24, 2.45) is 0 Å². The topological polar surface area (TPSA) is 50.2 Å². The number of carboxylic acid groups (broad SMARTS) is 1. The quantitative estimate of drug-likeness (QED) is 0.755. The van der Waals surface area contributed by atoms with Crippen molar-refractivity contribution in [3.8, 4) is 0 Å². The second-order valence-electron chi connectivity index (χ2n) is 2.76. The van der Waals surface area contributed by atoms with Gasteiger partial charge in [-0.2, -0.15) is 0 Å². The van der Waals surface area contributed by atoms with Crippen LogP contribution in [0.3, 0.4) is 0 Å². The summed E-state index contributed by atoms with van der Waals surface area (Å²) in [6.07, 6.45) is 6.85. The number of hydrogen-bond donors (Lipinski definition) is 1. The third kappa shape index (κ3) is 6.21. The highest BCUT2D eigenvalue weighted by molar-refractivity contribution is 5.85. The zero-order chi connectivity index (χ0) is 11.7. The van der Waals surface area contributed by atoms with Gasteiger partial charge < -0.3 is 5.11 Å². The molecule has 15 heavy (non-hydrogen) atoms. The molecule has 0 spiro atoms. The van der Waals surface area contributed by atoms with E-state index in [9.17, 15) is 4.79 Å². The number of hydrogen-bond acceptors (Lipinski definition) is 2. The average molecular weight is 205 g/mol. The lowest BCUT2D eigenvalue weighted by atomic mass is 10.3. The molecule has 0 saturated heterocycles. The van der Waals surface area contributed by atoms with Crippen molar-refractivity contribution < 1.29 is 9.90 Å². The van der Waals surface area contributed by atoms with Crippen molar-refractivity contribution in [2.75, 3.05) is 0 Å². The number of carbonyl (C=O) groups is 1. The lowest BCUT2D eigenvalue weighted by molar-refractivity contribution is -0.132. The van der Waals surface area contributed by atoms with Gasteiger partial charge >= 0.3 is 5.97 Å². The van der Waals surface area contributed by atoms with Crippen LogP contribution in [0.2, 0.25) is 0 Å². The van der Waals surface area contributed by atoms with Crippen LogP contribution in [0.25, 0.3) is 6.08 Å². The van der Waals surface area contributed by atoms with E-state index in [1.54, 1.807) is 38.4 Å². The molecule has 0 aliphatic heterocycles. The number of carboxylic acids is 1. The predicted octanol–water partition coefficient (Wildman–Crippen LogP) is 2.76. The van der Waals surface area contributed by atoms with Crippen LogP contribution in [0.4, 0.5) is 0 Å². The molecule has 1 aromatic heterocycles. The number of aromatic nitrogens is 1. The summed E-state index contributed by atoms with van der Waals surface area (Å²) >= 11 is 0. The van der Waals surface area contributed by atoms with Crippen molar-refractivity contribution in [3.63, 3.8) is 0 Å². The fraction of sp³-hybridized carbons (Fsp3) is 0.167. The van der Waals surface area contributed by atoms with E-state index >= 15 is 0 Å². The molecule has 0 bridgehead atoms. The number of aliphatic carboxylic acids is 1. The van der Waals surface area contributed by atoms with Crippen molar-refractivity contribution in [1.29, 1.82) is 0 Å². The monoisotopic (exact) mass is 205 g/mol. The molecule has 1 aromatic rings. The van der Waals surface area contributed by atoms with Crippen LogP contribution < -0.4 is 0 Å². The fourth-order valence-electron chi connectivity index (χ4n) is 0.623. The molecule has 0 atom stereocenters. The Morgan fingerprint density at radius 3 is 2.20 bits per heavy atom. The Hall–Kier alpha value is -1.90. The highest BCUT2D eigenvalue weighted by Gasteiger charge is 1.93. The molecule has 1 rings (SSSR count). The zero-order valence-electron chi connectivity index (χ0n) is 8.97. The van der Waals surface area contributed by atoms with Crippen LogP contribution in [0, 0.1) is 0 Å². The van der Waals surface area contributed by atoms with Gasteiger partial charge in [0.15, 0.2) is 0 Å². The molecular weight excluding hydrogens is 190 g/mol. The average Bonchev–Trinajstić information content (AvgIpc) is 2.29. The summed E-state index contributed by atoms with van der Waals surface area (Å²) in [5.41, 5.74) is 1.50. The minimum Gasteiger partial charge on any atom is -0.478 e. The summed E-state index contributed by atoms with van der Waals surface area (Å²) in [7, 11) is 0. The number of allylic oxidation sites excluding steroid dienone is 1. The predicted molar refractivity (Wildman–Crippen MR) is 61.4 cm³/mol. The Kier molecular flexibility index (Phi) is 6.55. The van der Waals surface area contributed by atoms with E-state index in [2.05, 4.69) is 11.6 Å². The highest BCUT2D eigenvalue weighted by Crippen LogP contribution is 1.95. The molecule has 3 heteroatoms. The first-order valence-electron chi connectivity index (χ1n) is 4.50. The van der Waals surface area contributed by atoms with Crippen LogP contribution in [-0.2, 0) is 4.79 Å². The third-order valence-electron chi connectivity index (χ3n) is 1.71. The molecule has 0 radical (unpaired) electrons. The van der Waals surface area contributed by atoms with Crippen LogP contribution in [0.5, 0.6) is 0 Å². The summed E-state index contributed by atoms with van der Waals surface area (Å²) in [4.78, 5) is 13.7. The van der Waals surface area contributed by atoms with E-state index in [-0.39, 0.29) is 0 Å². The third-order valence-corrected chi connectivity index (χ3v) is 1.71. The minimum absolute atomic E-state index is 0.389. The lowest BCUT2D eigenvalue weighted by Crippen LogP contribution is -1.93. The summed E-state index contributed by atoms with van der Waals surface area (Å²) in [5, 5.41) is 8.11. The standard InChI is InChI=1S/C7H7N.C5H8O2/c1-2-7-3-5-8-6-4-7;1-3-4(2)5(6)7/h2-6H,1H2;3H,1-2H3,(H,6,7). The molecule has 0 fully saturated rings. The van der Waals surface area contributed by atoms with Gasteiger partial charge in [0.2, 0.25) is 0 Å². The van der Waals surface area contributed by atoms with Gasteiger partial charge in [-0.1, -0.05) is 18.7 Å². The molecule has 3 nitrogen and oxygen atoms in total. The van der Waals surface area contributed by atoms with Crippen LogP contribution >= 0.6 is 0 Å². The van der Waals surface area contributed by atoms with E-state index in [0.717, 1.165) is 5.56 Å². The van der Waals surface area contributed by atoms with E-state index in [1.165, 1.54) is 0 Å². The van der Waals surface area contributed by atoms with E-state index in [0.29, 0.717) is 5.57 Å². The Morgan fingerprint density at radius 2 is 2.00 bits per heavy atom. The molecule has 80 valence electrons. The molecular formula is C12H15NO2. The van der Waals surface area contributed by atoms with Crippen LogP contribution in [0.1, 0.15) is 19.4 Å². The van der Waals surface area contributed by atoms with Gasteiger partial charge in [0.05, 0.1) is 0 Å². The molecule has 1 N–H and O–H groups in total.